The molecule has 2 rings (SSSR count). The number of likely N-dealkylation sites (tertiary alicyclic amines) is 1. The average molecular weight is 370 g/mol. The van der Waals surface area contributed by atoms with Crippen molar-refractivity contribution in [3.8, 4) is 0 Å². The van der Waals surface area contributed by atoms with Gasteiger partial charge in [-0.15, -0.1) is 0 Å². The van der Waals surface area contributed by atoms with Crippen LogP contribution < -0.4 is 0 Å². The van der Waals surface area contributed by atoms with E-state index in [-0.39, 0.29) is 24.6 Å². The van der Waals surface area contributed by atoms with Gasteiger partial charge in [0, 0.05) is 18.2 Å². The zero-order valence-electron chi connectivity index (χ0n) is 12.8. The molecule has 5 nitrogen and oxygen atoms in total. The Balaban J connectivity index is 1.82. The summed E-state index contributed by atoms with van der Waals surface area (Å²) in [6.07, 6.45) is 5.88. The van der Waals surface area contributed by atoms with Crippen molar-refractivity contribution < 1.29 is 18.7 Å². The van der Waals surface area contributed by atoms with Crippen LogP contribution in [0.2, 0.25) is 0 Å². The second kappa shape index (κ2) is 7.63. The fraction of sp³-hybridized carbons (Fsp3) is 0.500. The van der Waals surface area contributed by atoms with E-state index in [9.17, 15) is 9.59 Å². The van der Waals surface area contributed by atoms with Crippen molar-refractivity contribution in [3.63, 3.8) is 0 Å². The van der Waals surface area contributed by atoms with Gasteiger partial charge in [-0.05, 0) is 67.2 Å². The van der Waals surface area contributed by atoms with Gasteiger partial charge in [0.25, 0.3) is 5.91 Å². The van der Waals surface area contributed by atoms with Gasteiger partial charge in [0.15, 0.2) is 11.3 Å². The minimum Gasteiger partial charge on any atom is -0.452 e. The maximum absolute atomic E-state index is 12.2. The van der Waals surface area contributed by atoms with Crippen molar-refractivity contribution in [1.29, 1.82) is 0 Å². The average Bonchev–Trinajstić information content (AvgIpc) is 2.88. The summed E-state index contributed by atoms with van der Waals surface area (Å²) in [5.74, 6) is -0.159. The third-order valence-electron chi connectivity index (χ3n) is 3.80. The number of carbonyl (C=O) groups is 2. The molecule has 1 aromatic rings. The third kappa shape index (κ3) is 4.47. The molecule has 6 heteroatoms. The van der Waals surface area contributed by atoms with Gasteiger partial charge in [0.05, 0.1) is 0 Å². The molecule has 1 saturated heterocycles. The minimum absolute atomic E-state index is 0.137. The van der Waals surface area contributed by atoms with Crippen LogP contribution in [0.3, 0.4) is 0 Å². The predicted octanol–water partition coefficient (Wildman–Crippen LogP) is 3.39. The lowest BCUT2D eigenvalue weighted by molar-refractivity contribution is -0.151. The van der Waals surface area contributed by atoms with Crippen LogP contribution in [0.15, 0.2) is 27.3 Å². The van der Waals surface area contributed by atoms with Crippen LogP contribution in [0.5, 0.6) is 0 Å². The molecule has 1 amide bonds. The summed E-state index contributed by atoms with van der Waals surface area (Å²) in [5.41, 5.74) is 0. The van der Waals surface area contributed by atoms with Crippen molar-refractivity contribution >= 4 is 33.9 Å². The number of piperidine rings is 1. The molecule has 22 heavy (non-hydrogen) atoms. The van der Waals surface area contributed by atoms with Gasteiger partial charge in [0.2, 0.25) is 0 Å². The lowest BCUT2D eigenvalue weighted by Crippen LogP contribution is -2.49. The van der Waals surface area contributed by atoms with Crippen molar-refractivity contribution in [2.45, 2.75) is 45.2 Å². The van der Waals surface area contributed by atoms with Gasteiger partial charge >= 0.3 is 5.97 Å². The number of rotatable bonds is 4. The van der Waals surface area contributed by atoms with Gasteiger partial charge in [-0.1, -0.05) is 0 Å². The lowest BCUT2D eigenvalue weighted by Gasteiger charge is -2.38. The summed E-state index contributed by atoms with van der Waals surface area (Å²) in [4.78, 5) is 25.7. The first-order valence-electron chi connectivity index (χ1n) is 7.38. The molecule has 0 saturated carbocycles. The van der Waals surface area contributed by atoms with Crippen molar-refractivity contribution in [1.82, 2.24) is 4.90 Å². The van der Waals surface area contributed by atoms with Crippen LogP contribution in [0.1, 0.15) is 38.9 Å². The van der Waals surface area contributed by atoms with E-state index in [1.54, 1.807) is 12.1 Å². The number of ether oxygens (including phenoxy) is 1. The maximum Gasteiger partial charge on any atom is 0.331 e. The number of carbonyl (C=O) groups excluding carboxylic acids is 2. The first-order valence-corrected chi connectivity index (χ1v) is 8.18. The molecule has 0 radical (unpaired) electrons. The van der Waals surface area contributed by atoms with Crippen molar-refractivity contribution in [2.24, 2.45) is 0 Å². The highest BCUT2D eigenvalue weighted by Gasteiger charge is 2.29. The summed E-state index contributed by atoms with van der Waals surface area (Å²) in [6, 6.07) is 3.85. The number of hydrogen-bond acceptors (Lipinski definition) is 4. The quantitative estimate of drug-likeness (QED) is 0.602. The molecule has 1 aliphatic rings. The summed E-state index contributed by atoms with van der Waals surface area (Å²) in [6.45, 7) is 3.84. The van der Waals surface area contributed by atoms with E-state index in [1.807, 2.05) is 18.7 Å². The summed E-state index contributed by atoms with van der Waals surface area (Å²) in [5, 5.41) is 0. The molecule has 2 atom stereocenters. The molecule has 1 aromatic heterocycles. The standard InChI is InChI=1S/C16H20BrNO4/c1-11-4-3-5-12(2)18(11)15(19)10-21-16(20)9-7-13-6-8-14(17)22-13/h6-9,11-12H,3-5,10H2,1-2H3/b9-7+. The Bertz CT molecular complexity index is 556. The monoisotopic (exact) mass is 369 g/mol. The summed E-state index contributed by atoms with van der Waals surface area (Å²) < 4.78 is 10.8. The van der Waals surface area contributed by atoms with Crippen LogP contribution >= 0.6 is 15.9 Å². The number of halogens is 1. The second-order valence-electron chi connectivity index (χ2n) is 5.51. The number of furan rings is 1. The largest absolute Gasteiger partial charge is 0.452 e. The summed E-state index contributed by atoms with van der Waals surface area (Å²) in [7, 11) is 0. The van der Waals surface area contributed by atoms with E-state index in [4.69, 9.17) is 9.15 Å². The van der Waals surface area contributed by atoms with E-state index in [0.717, 1.165) is 19.3 Å². The number of hydrogen-bond donors (Lipinski definition) is 0. The van der Waals surface area contributed by atoms with Crippen LogP contribution in [0.4, 0.5) is 0 Å². The zero-order chi connectivity index (χ0) is 16.1. The SMILES string of the molecule is CC1CCCC(C)N1C(=O)COC(=O)/C=C/c1ccc(Br)o1. The molecule has 2 heterocycles. The molecule has 0 spiro atoms. The molecule has 1 aliphatic heterocycles. The second-order valence-corrected chi connectivity index (χ2v) is 6.29. The van der Waals surface area contributed by atoms with Crippen LogP contribution in [0, 0.1) is 0 Å². The van der Waals surface area contributed by atoms with Gasteiger partial charge < -0.3 is 14.1 Å². The van der Waals surface area contributed by atoms with E-state index in [2.05, 4.69) is 15.9 Å². The Morgan fingerprint density at radius 3 is 2.64 bits per heavy atom. The molecular formula is C16H20BrNO4. The van der Waals surface area contributed by atoms with Gasteiger partial charge in [-0.25, -0.2) is 4.79 Å². The minimum atomic E-state index is -0.557. The van der Waals surface area contributed by atoms with E-state index >= 15 is 0 Å². The fourth-order valence-electron chi connectivity index (χ4n) is 2.74. The number of nitrogens with zero attached hydrogens (tertiary/aromatic N) is 1. The normalized spacial score (nSPS) is 22.0. The molecule has 120 valence electrons. The van der Waals surface area contributed by atoms with Crippen LogP contribution in [-0.4, -0.2) is 35.5 Å². The van der Waals surface area contributed by atoms with Crippen LogP contribution in [-0.2, 0) is 14.3 Å². The Morgan fingerprint density at radius 1 is 1.36 bits per heavy atom. The first kappa shape index (κ1) is 16.8. The van der Waals surface area contributed by atoms with Crippen molar-refractivity contribution in [3.05, 3.63) is 28.6 Å². The van der Waals surface area contributed by atoms with Gasteiger partial charge in [-0.3, -0.25) is 4.79 Å². The van der Waals surface area contributed by atoms with E-state index in [0.29, 0.717) is 10.4 Å². The van der Waals surface area contributed by atoms with Crippen LogP contribution in [0.25, 0.3) is 6.08 Å². The fourth-order valence-corrected chi connectivity index (χ4v) is 3.06. The highest BCUT2D eigenvalue weighted by atomic mass is 79.9. The highest BCUT2D eigenvalue weighted by molar-refractivity contribution is 9.10. The highest BCUT2D eigenvalue weighted by Crippen LogP contribution is 2.22. The Labute approximate surface area is 138 Å². The molecule has 0 bridgehead atoms. The molecule has 0 aromatic carbocycles. The Kier molecular flexibility index (Phi) is 5.83. The zero-order valence-corrected chi connectivity index (χ0v) is 14.3. The van der Waals surface area contributed by atoms with E-state index < -0.39 is 5.97 Å². The molecule has 0 N–H and O–H groups in total. The number of amides is 1. The third-order valence-corrected chi connectivity index (χ3v) is 4.22. The molecule has 1 fully saturated rings. The Hall–Kier alpha value is -1.56. The predicted molar refractivity (Wildman–Crippen MR) is 86.0 cm³/mol. The molecule has 2 unspecified atom stereocenters. The lowest BCUT2D eigenvalue weighted by atomic mass is 9.97. The topological polar surface area (TPSA) is 59.8 Å². The van der Waals surface area contributed by atoms with Gasteiger partial charge in [0.1, 0.15) is 5.76 Å². The Morgan fingerprint density at radius 2 is 2.05 bits per heavy atom. The number of esters is 1. The van der Waals surface area contributed by atoms with Crippen molar-refractivity contribution in [2.75, 3.05) is 6.61 Å². The molecule has 0 aliphatic carbocycles. The van der Waals surface area contributed by atoms with E-state index in [1.165, 1.54) is 12.2 Å². The van der Waals surface area contributed by atoms with Gasteiger partial charge in [-0.2, -0.15) is 0 Å². The smallest absolute Gasteiger partial charge is 0.331 e. The maximum atomic E-state index is 12.2. The summed E-state index contributed by atoms with van der Waals surface area (Å²) >= 11 is 3.18. The first-order chi connectivity index (χ1) is 10.5. The molecular weight excluding hydrogens is 350 g/mol.